The molecule has 0 fully saturated rings. The average molecular weight is 286 g/mol. The topological polar surface area (TPSA) is 20.3 Å². The molecule has 0 radical (unpaired) electrons. The van der Waals surface area contributed by atoms with E-state index in [1.807, 2.05) is 12.1 Å². The zero-order chi connectivity index (χ0) is 14.1. The summed E-state index contributed by atoms with van der Waals surface area (Å²) < 4.78 is 0. The molecule has 0 aliphatic carbocycles. The lowest BCUT2D eigenvalue weighted by atomic mass is 9.99. The summed E-state index contributed by atoms with van der Waals surface area (Å²) in [4.78, 5) is 13.6. The van der Waals surface area contributed by atoms with Crippen molar-refractivity contribution in [3.05, 3.63) is 64.2 Å². The molecule has 1 heterocycles. The van der Waals surface area contributed by atoms with Gasteiger partial charge in [0, 0.05) is 18.7 Å². The van der Waals surface area contributed by atoms with Gasteiger partial charge in [0.15, 0.2) is 5.78 Å². The molecule has 20 heavy (non-hydrogen) atoms. The van der Waals surface area contributed by atoms with E-state index in [4.69, 9.17) is 11.6 Å². The number of carbonyl (C=O) groups excluding carboxylic acids is 1. The van der Waals surface area contributed by atoms with E-state index >= 15 is 0 Å². The van der Waals surface area contributed by atoms with Gasteiger partial charge in [-0.2, -0.15) is 0 Å². The molecular formula is C17H16ClNO. The van der Waals surface area contributed by atoms with Crippen molar-refractivity contribution in [2.24, 2.45) is 0 Å². The minimum atomic E-state index is 0.0439. The molecule has 0 N–H and O–H groups in total. The highest BCUT2D eigenvalue weighted by Gasteiger charge is 2.18. The van der Waals surface area contributed by atoms with Crippen LogP contribution in [0.25, 0.3) is 0 Å². The van der Waals surface area contributed by atoms with Crippen molar-refractivity contribution in [2.45, 2.75) is 19.9 Å². The van der Waals surface area contributed by atoms with Crippen molar-refractivity contribution >= 4 is 23.1 Å². The van der Waals surface area contributed by atoms with Crippen molar-refractivity contribution in [3.63, 3.8) is 0 Å². The van der Waals surface area contributed by atoms with Crippen LogP contribution in [0, 0.1) is 0 Å². The summed E-state index contributed by atoms with van der Waals surface area (Å²) in [6.45, 7) is 3.38. The quantitative estimate of drug-likeness (QED) is 0.774. The van der Waals surface area contributed by atoms with Crippen LogP contribution in [0.3, 0.4) is 0 Å². The number of halogens is 1. The predicted octanol–water partition coefficient (Wildman–Crippen LogP) is 4.11. The lowest BCUT2D eigenvalue weighted by molar-refractivity contribution is 0.101. The molecule has 2 aromatic rings. The van der Waals surface area contributed by atoms with E-state index in [1.54, 1.807) is 13.0 Å². The maximum Gasteiger partial charge on any atom is 0.159 e. The number of Topliss-reactive ketones (excluding diaryl/α,β-unsaturated/α-hetero) is 1. The molecular weight excluding hydrogens is 270 g/mol. The van der Waals surface area contributed by atoms with Gasteiger partial charge in [-0.05, 0) is 42.7 Å². The van der Waals surface area contributed by atoms with Gasteiger partial charge in [-0.25, -0.2) is 0 Å². The Morgan fingerprint density at radius 2 is 1.90 bits per heavy atom. The second-order valence-electron chi connectivity index (χ2n) is 5.16. The minimum Gasteiger partial charge on any atom is -0.366 e. The number of hydrogen-bond acceptors (Lipinski definition) is 2. The van der Waals surface area contributed by atoms with Crippen molar-refractivity contribution in [1.29, 1.82) is 0 Å². The van der Waals surface area contributed by atoms with E-state index in [2.05, 4.69) is 29.2 Å². The number of benzene rings is 2. The maximum atomic E-state index is 11.4. The van der Waals surface area contributed by atoms with Gasteiger partial charge in [0.05, 0.1) is 10.7 Å². The highest BCUT2D eigenvalue weighted by atomic mass is 35.5. The standard InChI is InChI=1S/C17H16ClNO/c1-12(20)14-6-7-17(16(18)10-14)19-9-8-13-4-2-3-5-15(13)11-19/h2-7,10H,8-9,11H2,1H3. The zero-order valence-corrected chi connectivity index (χ0v) is 12.2. The third-order valence-electron chi connectivity index (χ3n) is 3.83. The lowest BCUT2D eigenvalue weighted by Gasteiger charge is -2.31. The minimum absolute atomic E-state index is 0.0439. The molecule has 102 valence electrons. The molecule has 0 atom stereocenters. The van der Waals surface area contributed by atoms with Gasteiger partial charge in [0.25, 0.3) is 0 Å². The van der Waals surface area contributed by atoms with E-state index in [0.717, 1.165) is 25.2 Å². The van der Waals surface area contributed by atoms with Crippen LogP contribution in [-0.2, 0) is 13.0 Å². The van der Waals surface area contributed by atoms with Gasteiger partial charge < -0.3 is 4.90 Å². The Hall–Kier alpha value is -1.80. The first-order valence-corrected chi connectivity index (χ1v) is 7.15. The third kappa shape index (κ3) is 2.44. The first-order chi connectivity index (χ1) is 9.65. The Kier molecular flexibility index (Phi) is 3.49. The summed E-state index contributed by atoms with van der Waals surface area (Å²) in [5.74, 6) is 0.0439. The first-order valence-electron chi connectivity index (χ1n) is 6.77. The number of anilines is 1. The highest BCUT2D eigenvalue weighted by molar-refractivity contribution is 6.33. The number of hydrogen-bond donors (Lipinski definition) is 0. The van der Waals surface area contributed by atoms with Gasteiger partial charge in [0.2, 0.25) is 0 Å². The Labute approximate surface area is 124 Å². The van der Waals surface area contributed by atoms with Crippen LogP contribution in [0.5, 0.6) is 0 Å². The van der Waals surface area contributed by atoms with Crippen LogP contribution in [0.2, 0.25) is 5.02 Å². The molecule has 3 rings (SSSR count). The van der Waals surface area contributed by atoms with Crippen molar-refractivity contribution < 1.29 is 4.79 Å². The van der Waals surface area contributed by atoms with Crippen molar-refractivity contribution in [2.75, 3.05) is 11.4 Å². The smallest absolute Gasteiger partial charge is 0.159 e. The van der Waals surface area contributed by atoms with Gasteiger partial charge in [0.1, 0.15) is 0 Å². The monoisotopic (exact) mass is 285 g/mol. The third-order valence-corrected chi connectivity index (χ3v) is 4.13. The average Bonchev–Trinajstić information content (AvgIpc) is 2.46. The number of fused-ring (bicyclic) bond motifs is 1. The summed E-state index contributed by atoms with van der Waals surface area (Å²) in [5.41, 5.74) is 4.44. The van der Waals surface area contributed by atoms with Crippen molar-refractivity contribution in [1.82, 2.24) is 0 Å². The van der Waals surface area contributed by atoms with Crippen LogP contribution in [0.15, 0.2) is 42.5 Å². The molecule has 2 nitrogen and oxygen atoms in total. The Bertz CT molecular complexity index is 666. The second kappa shape index (κ2) is 5.29. The highest BCUT2D eigenvalue weighted by Crippen LogP contribution is 2.31. The summed E-state index contributed by atoms with van der Waals surface area (Å²) in [6, 6.07) is 14.1. The van der Waals surface area contributed by atoms with Gasteiger partial charge in [-0.15, -0.1) is 0 Å². The summed E-state index contributed by atoms with van der Waals surface area (Å²) in [5, 5.41) is 0.650. The van der Waals surface area contributed by atoms with Gasteiger partial charge in [-0.1, -0.05) is 35.9 Å². The molecule has 0 saturated heterocycles. The molecule has 0 aromatic heterocycles. The molecule has 0 amide bonds. The normalized spacial score (nSPS) is 14.0. The number of carbonyl (C=O) groups is 1. The van der Waals surface area contributed by atoms with Crippen LogP contribution in [0.1, 0.15) is 28.4 Å². The lowest BCUT2D eigenvalue weighted by Crippen LogP contribution is -2.30. The fraction of sp³-hybridized carbons (Fsp3) is 0.235. The number of rotatable bonds is 2. The van der Waals surface area contributed by atoms with Crippen LogP contribution >= 0.6 is 11.6 Å². The molecule has 1 aliphatic heterocycles. The van der Waals surface area contributed by atoms with Crippen LogP contribution in [0.4, 0.5) is 5.69 Å². The van der Waals surface area contributed by atoms with Crippen LogP contribution in [-0.4, -0.2) is 12.3 Å². The maximum absolute atomic E-state index is 11.4. The van der Waals surface area contributed by atoms with Crippen LogP contribution < -0.4 is 4.90 Å². The molecule has 1 aliphatic rings. The molecule has 0 bridgehead atoms. The fourth-order valence-electron chi connectivity index (χ4n) is 2.68. The predicted molar refractivity (Wildman–Crippen MR) is 82.7 cm³/mol. The van der Waals surface area contributed by atoms with E-state index in [1.165, 1.54) is 11.1 Å². The molecule has 3 heteroatoms. The van der Waals surface area contributed by atoms with Crippen molar-refractivity contribution in [3.8, 4) is 0 Å². The summed E-state index contributed by atoms with van der Waals surface area (Å²) in [7, 11) is 0. The SMILES string of the molecule is CC(=O)c1ccc(N2CCc3ccccc3C2)c(Cl)c1. The first kappa shape index (κ1) is 13.2. The molecule has 0 spiro atoms. The molecule has 2 aromatic carbocycles. The molecule has 0 saturated carbocycles. The fourth-order valence-corrected chi connectivity index (χ4v) is 2.98. The van der Waals surface area contributed by atoms with E-state index in [-0.39, 0.29) is 5.78 Å². The summed E-state index contributed by atoms with van der Waals surface area (Å²) >= 11 is 6.34. The largest absolute Gasteiger partial charge is 0.366 e. The summed E-state index contributed by atoms with van der Waals surface area (Å²) in [6.07, 6.45) is 1.03. The Balaban J connectivity index is 1.90. The second-order valence-corrected chi connectivity index (χ2v) is 5.57. The van der Waals surface area contributed by atoms with Gasteiger partial charge >= 0.3 is 0 Å². The molecule has 0 unspecified atom stereocenters. The van der Waals surface area contributed by atoms with Gasteiger partial charge in [-0.3, -0.25) is 4.79 Å². The van der Waals surface area contributed by atoms with E-state index in [0.29, 0.717) is 10.6 Å². The van der Waals surface area contributed by atoms with E-state index < -0.39 is 0 Å². The zero-order valence-electron chi connectivity index (χ0n) is 11.4. The number of nitrogens with zero attached hydrogens (tertiary/aromatic N) is 1. The Morgan fingerprint density at radius 1 is 1.15 bits per heavy atom. The number of ketones is 1. The van der Waals surface area contributed by atoms with E-state index in [9.17, 15) is 4.79 Å². The Morgan fingerprint density at radius 3 is 2.60 bits per heavy atom.